The average molecular weight is 254 g/mol. The Morgan fingerprint density at radius 3 is 2.06 bits per heavy atom. The van der Waals surface area contributed by atoms with Crippen molar-refractivity contribution in [2.45, 2.75) is 73.3 Å². The van der Waals surface area contributed by atoms with E-state index in [9.17, 15) is 9.90 Å². The monoisotopic (exact) mass is 254 g/mol. The number of Topliss-reactive ketones (excluding diaryl/α,β-unsaturated/α-hetero) is 1. The Hall–Kier alpha value is -0.370. The van der Waals surface area contributed by atoms with E-state index in [-0.39, 0.29) is 28.8 Å². The average Bonchev–Trinajstić information content (AvgIpc) is 2.31. The predicted molar refractivity (Wildman–Crippen MR) is 75.4 cm³/mol. The van der Waals surface area contributed by atoms with Gasteiger partial charge in [-0.25, -0.2) is 0 Å². The summed E-state index contributed by atoms with van der Waals surface area (Å²) in [7, 11) is 0. The van der Waals surface area contributed by atoms with Crippen LogP contribution < -0.4 is 0 Å². The SMILES string of the molecule is CCC(C)(C)C1C(=O)CCC(O)C1C(C)(C)CC. The smallest absolute Gasteiger partial charge is 0.137 e. The van der Waals surface area contributed by atoms with Gasteiger partial charge in [0, 0.05) is 18.3 Å². The third-order valence-electron chi connectivity index (χ3n) is 5.37. The quantitative estimate of drug-likeness (QED) is 0.828. The van der Waals surface area contributed by atoms with Gasteiger partial charge in [0.25, 0.3) is 0 Å². The number of carbonyl (C=O) groups is 1. The molecule has 0 bridgehead atoms. The van der Waals surface area contributed by atoms with Crippen molar-refractivity contribution < 1.29 is 9.90 Å². The lowest BCUT2D eigenvalue weighted by Crippen LogP contribution is -2.51. The van der Waals surface area contributed by atoms with Gasteiger partial charge >= 0.3 is 0 Å². The van der Waals surface area contributed by atoms with Crippen LogP contribution in [-0.2, 0) is 4.79 Å². The maximum absolute atomic E-state index is 12.4. The van der Waals surface area contributed by atoms with Crippen LogP contribution in [0.25, 0.3) is 0 Å². The van der Waals surface area contributed by atoms with Crippen molar-refractivity contribution in [1.29, 1.82) is 0 Å². The number of hydrogen-bond acceptors (Lipinski definition) is 2. The van der Waals surface area contributed by atoms with Gasteiger partial charge in [0.05, 0.1) is 6.10 Å². The van der Waals surface area contributed by atoms with Crippen molar-refractivity contribution in [2.75, 3.05) is 0 Å². The molecule has 0 aromatic heterocycles. The number of rotatable bonds is 4. The van der Waals surface area contributed by atoms with E-state index >= 15 is 0 Å². The fourth-order valence-electron chi connectivity index (χ4n) is 3.40. The second-order valence-electron chi connectivity index (χ2n) is 7.26. The van der Waals surface area contributed by atoms with Crippen LogP contribution in [0.2, 0.25) is 0 Å². The minimum atomic E-state index is -0.325. The van der Waals surface area contributed by atoms with Crippen LogP contribution in [0, 0.1) is 22.7 Å². The van der Waals surface area contributed by atoms with Crippen molar-refractivity contribution in [3.05, 3.63) is 0 Å². The van der Waals surface area contributed by atoms with Gasteiger partial charge in [0.1, 0.15) is 5.78 Å². The molecule has 0 aromatic carbocycles. The van der Waals surface area contributed by atoms with Crippen molar-refractivity contribution >= 4 is 5.78 Å². The first-order valence-electron chi connectivity index (χ1n) is 7.38. The maximum atomic E-state index is 12.4. The number of carbonyl (C=O) groups excluding carboxylic acids is 1. The molecule has 0 heterocycles. The van der Waals surface area contributed by atoms with Crippen LogP contribution in [0.1, 0.15) is 67.2 Å². The third kappa shape index (κ3) is 2.79. The van der Waals surface area contributed by atoms with Gasteiger partial charge in [0.2, 0.25) is 0 Å². The van der Waals surface area contributed by atoms with E-state index in [4.69, 9.17) is 0 Å². The Balaban J connectivity index is 3.17. The highest BCUT2D eigenvalue weighted by Gasteiger charge is 2.50. The van der Waals surface area contributed by atoms with Crippen molar-refractivity contribution in [1.82, 2.24) is 0 Å². The third-order valence-corrected chi connectivity index (χ3v) is 5.37. The summed E-state index contributed by atoms with van der Waals surface area (Å²) in [6.07, 6.45) is 2.84. The van der Waals surface area contributed by atoms with Gasteiger partial charge in [-0.15, -0.1) is 0 Å². The van der Waals surface area contributed by atoms with Crippen molar-refractivity contribution in [2.24, 2.45) is 22.7 Å². The Labute approximate surface area is 112 Å². The summed E-state index contributed by atoms with van der Waals surface area (Å²) in [5, 5.41) is 10.4. The Kier molecular flexibility index (Phi) is 4.64. The van der Waals surface area contributed by atoms with Crippen molar-refractivity contribution in [3.63, 3.8) is 0 Å². The summed E-state index contributed by atoms with van der Waals surface area (Å²) in [6, 6.07) is 0. The molecule has 0 radical (unpaired) electrons. The van der Waals surface area contributed by atoms with Gasteiger partial charge in [-0.1, -0.05) is 54.4 Å². The maximum Gasteiger partial charge on any atom is 0.137 e. The molecular formula is C16H30O2. The first-order valence-corrected chi connectivity index (χ1v) is 7.38. The second kappa shape index (κ2) is 5.32. The van der Waals surface area contributed by atoms with Gasteiger partial charge in [-0.2, -0.15) is 0 Å². The van der Waals surface area contributed by atoms with Crippen LogP contribution in [0.5, 0.6) is 0 Å². The molecule has 1 rings (SSSR count). The highest BCUT2D eigenvalue weighted by Crippen LogP contribution is 2.50. The van der Waals surface area contributed by atoms with Crippen LogP contribution in [0.4, 0.5) is 0 Å². The minimum absolute atomic E-state index is 0.00111. The highest BCUT2D eigenvalue weighted by molar-refractivity contribution is 5.83. The van der Waals surface area contributed by atoms with Gasteiger partial charge < -0.3 is 5.11 Å². The largest absolute Gasteiger partial charge is 0.393 e. The first-order chi connectivity index (χ1) is 8.17. The molecule has 1 fully saturated rings. The lowest BCUT2D eigenvalue weighted by molar-refractivity contribution is -0.145. The van der Waals surface area contributed by atoms with E-state index < -0.39 is 0 Å². The number of hydrogen-bond donors (Lipinski definition) is 1. The van der Waals surface area contributed by atoms with E-state index in [0.29, 0.717) is 18.6 Å². The summed E-state index contributed by atoms with van der Waals surface area (Å²) in [5.74, 6) is 0.457. The number of aliphatic hydroxyl groups is 1. The molecule has 2 heteroatoms. The molecule has 0 amide bonds. The van der Waals surface area contributed by atoms with E-state index in [1.165, 1.54) is 0 Å². The molecule has 106 valence electrons. The van der Waals surface area contributed by atoms with E-state index in [1.807, 2.05) is 0 Å². The molecule has 0 spiro atoms. The van der Waals surface area contributed by atoms with E-state index in [2.05, 4.69) is 41.5 Å². The highest BCUT2D eigenvalue weighted by atomic mass is 16.3. The number of ketones is 1. The summed E-state index contributed by atoms with van der Waals surface area (Å²) in [6.45, 7) is 13.0. The molecule has 1 saturated carbocycles. The molecule has 0 aromatic rings. The standard InChI is InChI=1S/C16H30O2/c1-7-15(3,4)13-11(17)9-10-12(18)14(13)16(5,6)8-2/h11,13-14,17H,7-10H2,1-6H3. The zero-order valence-electron chi connectivity index (χ0n) is 12.9. The van der Waals surface area contributed by atoms with Gasteiger partial charge in [0.15, 0.2) is 0 Å². The molecule has 1 aliphatic rings. The lowest BCUT2D eigenvalue weighted by Gasteiger charge is -2.49. The molecule has 3 unspecified atom stereocenters. The molecule has 0 saturated heterocycles. The van der Waals surface area contributed by atoms with Crippen LogP contribution >= 0.6 is 0 Å². The summed E-state index contributed by atoms with van der Waals surface area (Å²) in [4.78, 5) is 12.4. The molecule has 2 nitrogen and oxygen atoms in total. The predicted octanol–water partition coefficient (Wildman–Crippen LogP) is 3.82. The molecule has 1 aliphatic carbocycles. The summed E-state index contributed by atoms with van der Waals surface area (Å²) < 4.78 is 0. The lowest BCUT2D eigenvalue weighted by atomic mass is 9.55. The second-order valence-corrected chi connectivity index (χ2v) is 7.26. The molecule has 3 atom stereocenters. The van der Waals surface area contributed by atoms with Gasteiger partial charge in [-0.3, -0.25) is 4.79 Å². The molecular weight excluding hydrogens is 224 g/mol. The van der Waals surface area contributed by atoms with Gasteiger partial charge in [-0.05, 0) is 17.3 Å². The van der Waals surface area contributed by atoms with Crippen LogP contribution in [-0.4, -0.2) is 17.0 Å². The summed E-state index contributed by atoms with van der Waals surface area (Å²) in [5.41, 5.74) is 0.00218. The zero-order chi connectivity index (χ0) is 14.1. The Morgan fingerprint density at radius 2 is 1.61 bits per heavy atom. The van der Waals surface area contributed by atoms with Crippen molar-refractivity contribution in [3.8, 4) is 0 Å². The normalized spacial score (nSPS) is 30.6. The Bertz CT molecular complexity index is 304. The number of aliphatic hydroxyl groups excluding tert-OH is 1. The zero-order valence-corrected chi connectivity index (χ0v) is 12.9. The van der Waals surface area contributed by atoms with Crippen LogP contribution in [0.15, 0.2) is 0 Å². The molecule has 18 heavy (non-hydrogen) atoms. The topological polar surface area (TPSA) is 37.3 Å². The summed E-state index contributed by atoms with van der Waals surface area (Å²) >= 11 is 0. The minimum Gasteiger partial charge on any atom is -0.393 e. The fourth-order valence-corrected chi connectivity index (χ4v) is 3.40. The van der Waals surface area contributed by atoms with E-state index in [0.717, 1.165) is 12.8 Å². The fraction of sp³-hybridized carbons (Fsp3) is 0.938. The van der Waals surface area contributed by atoms with E-state index in [1.54, 1.807) is 0 Å². The first kappa shape index (κ1) is 15.7. The molecule has 1 N–H and O–H groups in total. The molecule has 0 aliphatic heterocycles. The van der Waals surface area contributed by atoms with Crippen LogP contribution in [0.3, 0.4) is 0 Å². The Morgan fingerprint density at radius 1 is 1.11 bits per heavy atom.